The van der Waals surface area contributed by atoms with Gasteiger partial charge in [-0.05, 0) is 42.0 Å². The first kappa shape index (κ1) is 28.0. The fourth-order valence-corrected chi connectivity index (χ4v) is 5.53. The van der Waals surface area contributed by atoms with E-state index in [9.17, 15) is 14.4 Å². The molecule has 10 heteroatoms. The second kappa shape index (κ2) is 11.9. The minimum Gasteiger partial charge on any atom is -0.497 e. The third kappa shape index (κ3) is 5.66. The Morgan fingerprint density at radius 1 is 0.925 bits per heavy atom. The summed E-state index contributed by atoms with van der Waals surface area (Å²) in [6, 6.07) is 20.3. The number of likely N-dealkylation sites (tertiary alicyclic amines) is 1. The highest BCUT2D eigenvalue weighted by molar-refractivity contribution is 6.42. The Balaban J connectivity index is 1.37. The summed E-state index contributed by atoms with van der Waals surface area (Å²) in [5, 5.41) is 3.63. The van der Waals surface area contributed by atoms with Gasteiger partial charge in [0.25, 0.3) is 11.8 Å². The van der Waals surface area contributed by atoms with Gasteiger partial charge >= 0.3 is 0 Å². The average molecular weight is 582 g/mol. The Labute approximate surface area is 242 Å². The maximum Gasteiger partial charge on any atom is 0.257 e. The predicted molar refractivity (Wildman–Crippen MR) is 152 cm³/mol. The largest absolute Gasteiger partial charge is 0.497 e. The molecule has 3 amide bonds. The molecule has 3 aromatic carbocycles. The van der Waals surface area contributed by atoms with Crippen LogP contribution >= 0.6 is 23.2 Å². The van der Waals surface area contributed by atoms with Crippen molar-refractivity contribution in [2.45, 2.75) is 31.2 Å². The van der Waals surface area contributed by atoms with Gasteiger partial charge in [-0.15, -0.1) is 0 Å². The molecule has 0 aliphatic carbocycles. The highest BCUT2D eigenvalue weighted by atomic mass is 35.5. The summed E-state index contributed by atoms with van der Waals surface area (Å²) in [7, 11) is 1.53. The van der Waals surface area contributed by atoms with Crippen molar-refractivity contribution in [1.82, 2.24) is 15.1 Å². The number of carbonyl (C=O) groups is 3. The van der Waals surface area contributed by atoms with Crippen LogP contribution in [0.4, 0.5) is 0 Å². The molecule has 8 nitrogen and oxygen atoms in total. The Morgan fingerprint density at radius 3 is 2.35 bits per heavy atom. The van der Waals surface area contributed by atoms with Crippen LogP contribution in [0.15, 0.2) is 72.8 Å². The molecule has 2 saturated heterocycles. The van der Waals surface area contributed by atoms with Crippen molar-refractivity contribution in [1.29, 1.82) is 0 Å². The lowest BCUT2D eigenvalue weighted by molar-refractivity contribution is -0.128. The van der Waals surface area contributed by atoms with Crippen LogP contribution < -0.4 is 10.1 Å². The maximum absolute atomic E-state index is 14.0. The number of halogens is 2. The molecule has 2 fully saturated rings. The van der Waals surface area contributed by atoms with E-state index in [-0.39, 0.29) is 24.3 Å². The molecule has 1 spiro atoms. The first-order valence-electron chi connectivity index (χ1n) is 13.0. The van der Waals surface area contributed by atoms with Crippen molar-refractivity contribution in [2.24, 2.45) is 0 Å². The fraction of sp³-hybridized carbons (Fsp3) is 0.300. The molecule has 3 aromatic rings. The normalized spacial score (nSPS) is 18.0. The SMILES string of the molecule is COc1cccc(C(=O)N2[C@H](C(=O)NCc3ccccc3)COC23CCN(C(=O)c2ccc(Cl)c(Cl)c2)CC3)c1. The zero-order chi connectivity index (χ0) is 28.3. The Morgan fingerprint density at radius 2 is 1.65 bits per heavy atom. The number of benzene rings is 3. The number of nitrogens with one attached hydrogen (secondary N) is 1. The standard InChI is InChI=1S/C30H29Cl2N3O5/c1-39-23-9-5-8-21(16-23)29(38)35-26(27(36)33-18-20-6-3-2-4-7-20)19-40-30(35)12-14-34(15-13-30)28(37)22-10-11-24(31)25(32)17-22/h2-11,16-17,26H,12-15,18-19H2,1H3,(H,33,36)/t26-/m0/s1. The summed E-state index contributed by atoms with van der Waals surface area (Å²) in [5.74, 6) is -0.284. The smallest absolute Gasteiger partial charge is 0.257 e. The van der Waals surface area contributed by atoms with Gasteiger partial charge in [0.2, 0.25) is 5.91 Å². The molecule has 1 atom stereocenters. The van der Waals surface area contributed by atoms with E-state index < -0.39 is 11.8 Å². The number of methoxy groups -OCH3 is 1. The minimum absolute atomic E-state index is 0.0526. The molecule has 0 bridgehead atoms. The molecule has 0 aromatic heterocycles. The zero-order valence-corrected chi connectivity index (χ0v) is 23.5. The lowest BCUT2D eigenvalue weighted by Crippen LogP contribution is -2.59. The Kier molecular flexibility index (Phi) is 8.30. The molecule has 40 heavy (non-hydrogen) atoms. The van der Waals surface area contributed by atoms with E-state index in [0.29, 0.717) is 59.4 Å². The van der Waals surface area contributed by atoms with E-state index in [4.69, 9.17) is 32.7 Å². The van der Waals surface area contributed by atoms with Crippen LogP contribution in [0, 0.1) is 0 Å². The molecule has 208 valence electrons. The van der Waals surface area contributed by atoms with Crippen LogP contribution in [0.5, 0.6) is 5.75 Å². The number of amides is 3. The molecular formula is C30H29Cl2N3O5. The predicted octanol–water partition coefficient (Wildman–Crippen LogP) is 4.79. The van der Waals surface area contributed by atoms with Gasteiger partial charge in [0, 0.05) is 43.6 Å². The molecular weight excluding hydrogens is 553 g/mol. The van der Waals surface area contributed by atoms with Crippen molar-refractivity contribution in [3.8, 4) is 5.75 Å². The van der Waals surface area contributed by atoms with Crippen molar-refractivity contribution >= 4 is 40.9 Å². The summed E-state index contributed by atoms with van der Waals surface area (Å²) >= 11 is 12.1. The summed E-state index contributed by atoms with van der Waals surface area (Å²) < 4.78 is 11.6. The number of rotatable bonds is 6. The highest BCUT2D eigenvalue weighted by Gasteiger charge is 2.54. The molecule has 0 unspecified atom stereocenters. The van der Waals surface area contributed by atoms with Crippen LogP contribution in [0.2, 0.25) is 10.0 Å². The number of piperidine rings is 1. The lowest BCUT2D eigenvalue weighted by atomic mass is 9.96. The first-order valence-corrected chi connectivity index (χ1v) is 13.7. The van der Waals surface area contributed by atoms with Crippen LogP contribution in [-0.4, -0.2) is 66.1 Å². The topological polar surface area (TPSA) is 88.2 Å². The van der Waals surface area contributed by atoms with Gasteiger partial charge in [-0.2, -0.15) is 0 Å². The van der Waals surface area contributed by atoms with Crippen LogP contribution in [0.3, 0.4) is 0 Å². The molecule has 0 radical (unpaired) electrons. The third-order valence-corrected chi connectivity index (χ3v) is 8.15. The quantitative estimate of drug-likeness (QED) is 0.452. The van der Waals surface area contributed by atoms with Crippen LogP contribution in [-0.2, 0) is 16.1 Å². The first-order chi connectivity index (χ1) is 19.3. The summed E-state index contributed by atoms with van der Waals surface area (Å²) in [6.07, 6.45) is 0.691. The molecule has 2 aliphatic rings. The van der Waals surface area contributed by atoms with Crippen LogP contribution in [0.25, 0.3) is 0 Å². The number of hydrogen-bond acceptors (Lipinski definition) is 5. The van der Waals surface area contributed by atoms with Gasteiger partial charge in [-0.3, -0.25) is 19.3 Å². The van der Waals surface area contributed by atoms with Gasteiger partial charge in [-0.1, -0.05) is 59.6 Å². The van der Waals surface area contributed by atoms with E-state index in [1.54, 1.807) is 52.3 Å². The number of ether oxygens (including phenoxy) is 2. The third-order valence-electron chi connectivity index (χ3n) is 7.41. The van der Waals surface area contributed by atoms with E-state index in [1.807, 2.05) is 30.3 Å². The molecule has 0 saturated carbocycles. The van der Waals surface area contributed by atoms with Crippen LogP contribution in [0.1, 0.15) is 39.1 Å². The summed E-state index contributed by atoms with van der Waals surface area (Å²) in [4.78, 5) is 43.9. The van der Waals surface area contributed by atoms with E-state index >= 15 is 0 Å². The fourth-order valence-electron chi connectivity index (χ4n) is 5.24. The van der Waals surface area contributed by atoms with Gasteiger partial charge in [0.15, 0.2) is 0 Å². The van der Waals surface area contributed by atoms with E-state index in [1.165, 1.54) is 7.11 Å². The molecule has 5 rings (SSSR count). The second-order valence-corrected chi connectivity index (χ2v) is 10.6. The highest BCUT2D eigenvalue weighted by Crippen LogP contribution is 2.39. The van der Waals surface area contributed by atoms with E-state index in [2.05, 4.69) is 5.32 Å². The van der Waals surface area contributed by atoms with Crippen molar-refractivity contribution in [3.63, 3.8) is 0 Å². The summed E-state index contributed by atoms with van der Waals surface area (Å²) in [6.45, 7) is 1.05. The van der Waals surface area contributed by atoms with E-state index in [0.717, 1.165) is 5.56 Å². The monoisotopic (exact) mass is 581 g/mol. The lowest BCUT2D eigenvalue weighted by Gasteiger charge is -2.44. The van der Waals surface area contributed by atoms with Gasteiger partial charge < -0.3 is 19.7 Å². The van der Waals surface area contributed by atoms with Crippen molar-refractivity contribution in [2.75, 3.05) is 26.8 Å². The molecule has 2 aliphatic heterocycles. The maximum atomic E-state index is 14.0. The van der Waals surface area contributed by atoms with Gasteiger partial charge in [-0.25, -0.2) is 0 Å². The molecule has 1 N–H and O–H groups in total. The molecule has 2 heterocycles. The Hall–Kier alpha value is -3.59. The number of nitrogens with zero attached hydrogens (tertiary/aromatic N) is 2. The number of carbonyl (C=O) groups excluding carboxylic acids is 3. The van der Waals surface area contributed by atoms with Crippen molar-refractivity contribution in [3.05, 3.63) is 99.5 Å². The average Bonchev–Trinajstić information content (AvgIpc) is 3.35. The number of hydrogen-bond donors (Lipinski definition) is 1. The minimum atomic E-state index is -1.04. The second-order valence-electron chi connectivity index (χ2n) is 9.80. The Bertz CT molecular complexity index is 1410. The van der Waals surface area contributed by atoms with Gasteiger partial charge in [0.1, 0.15) is 17.5 Å². The van der Waals surface area contributed by atoms with Crippen molar-refractivity contribution < 1.29 is 23.9 Å². The van der Waals surface area contributed by atoms with Gasteiger partial charge in [0.05, 0.1) is 23.8 Å². The summed E-state index contributed by atoms with van der Waals surface area (Å²) in [5.41, 5.74) is 0.729. The zero-order valence-electron chi connectivity index (χ0n) is 21.9.